The van der Waals surface area contributed by atoms with Crippen LogP contribution in [0, 0.1) is 11.3 Å². The predicted octanol–water partition coefficient (Wildman–Crippen LogP) is 5.94. The first kappa shape index (κ1) is 22.1. The van der Waals surface area contributed by atoms with Crippen molar-refractivity contribution in [3.05, 3.63) is 64.7 Å². The van der Waals surface area contributed by atoms with Crippen LogP contribution in [0.3, 0.4) is 0 Å². The van der Waals surface area contributed by atoms with Gasteiger partial charge in [0.2, 0.25) is 10.0 Å². The molecule has 3 nitrogen and oxygen atoms in total. The lowest BCUT2D eigenvalue weighted by molar-refractivity contribution is 0.0983. The van der Waals surface area contributed by atoms with Crippen molar-refractivity contribution in [2.75, 3.05) is 19.0 Å². The van der Waals surface area contributed by atoms with Crippen molar-refractivity contribution in [2.24, 2.45) is 11.3 Å². The summed E-state index contributed by atoms with van der Waals surface area (Å²) in [4.78, 5) is 0.340. The summed E-state index contributed by atoms with van der Waals surface area (Å²) in [6.45, 7) is 1.22. The van der Waals surface area contributed by atoms with Crippen molar-refractivity contribution >= 4 is 33.2 Å². The average Bonchev–Trinajstić information content (AvgIpc) is 3.52. The van der Waals surface area contributed by atoms with E-state index in [0.717, 1.165) is 38.5 Å². The molecule has 2 saturated carbocycles. The highest BCUT2D eigenvalue weighted by Gasteiger charge is 2.42. The molecule has 0 spiro atoms. The van der Waals surface area contributed by atoms with Gasteiger partial charge in [-0.2, -0.15) is 4.31 Å². The molecule has 0 amide bonds. The Morgan fingerprint density at radius 1 is 0.967 bits per heavy atom. The predicted molar refractivity (Wildman–Crippen MR) is 124 cm³/mol. The first-order valence-electron chi connectivity index (χ1n) is 10.8. The smallest absolute Gasteiger partial charge is 0.207 e. The molecule has 0 atom stereocenters. The minimum Gasteiger partial charge on any atom is -0.207 e. The summed E-state index contributed by atoms with van der Waals surface area (Å²) in [5.74, 6) is 1.13. The molecule has 0 aliphatic heterocycles. The van der Waals surface area contributed by atoms with Gasteiger partial charge in [-0.3, -0.25) is 0 Å². The second kappa shape index (κ2) is 9.20. The number of alkyl halides is 1. The molecule has 2 aliphatic carbocycles. The van der Waals surface area contributed by atoms with E-state index < -0.39 is 10.0 Å². The number of halogens is 2. The summed E-state index contributed by atoms with van der Waals surface area (Å²) in [5.41, 5.74) is 2.56. The Bertz CT molecular complexity index is 950. The lowest BCUT2D eigenvalue weighted by Gasteiger charge is -2.45. The topological polar surface area (TPSA) is 37.4 Å². The van der Waals surface area contributed by atoms with Crippen LogP contribution in [0.15, 0.2) is 53.4 Å². The number of benzene rings is 2. The lowest BCUT2D eigenvalue weighted by Crippen LogP contribution is -2.46. The van der Waals surface area contributed by atoms with Gasteiger partial charge in [-0.15, -0.1) is 11.6 Å². The van der Waals surface area contributed by atoms with Crippen LogP contribution in [0.1, 0.15) is 43.2 Å². The molecule has 162 valence electrons. The van der Waals surface area contributed by atoms with E-state index in [-0.39, 0.29) is 5.41 Å². The molecule has 0 bridgehead atoms. The zero-order valence-corrected chi connectivity index (χ0v) is 19.5. The van der Waals surface area contributed by atoms with Gasteiger partial charge in [0, 0.05) is 24.0 Å². The van der Waals surface area contributed by atoms with E-state index in [0.29, 0.717) is 34.8 Å². The van der Waals surface area contributed by atoms with Crippen LogP contribution in [0.2, 0.25) is 5.02 Å². The molecule has 0 saturated heterocycles. The average molecular weight is 466 g/mol. The third-order valence-corrected chi connectivity index (χ3v) is 8.79. The van der Waals surface area contributed by atoms with E-state index in [9.17, 15) is 8.42 Å². The molecule has 0 N–H and O–H groups in total. The maximum atomic E-state index is 13.5. The Hall–Kier alpha value is -1.07. The molecular weight excluding hydrogens is 437 g/mol. The second-order valence-corrected chi connectivity index (χ2v) is 11.7. The SMILES string of the molecule is O=S(=O)(c1ccc(Cl)cc1)N(CC1CC1)CC1(Cc2ccc(CCCl)cc2)CCC1. The molecule has 0 unspecified atom stereocenters. The summed E-state index contributed by atoms with van der Waals surface area (Å²) in [6.07, 6.45) is 7.38. The lowest BCUT2D eigenvalue weighted by atomic mass is 9.65. The largest absolute Gasteiger partial charge is 0.243 e. The molecule has 0 heterocycles. The summed E-state index contributed by atoms with van der Waals surface area (Å²) in [6, 6.07) is 15.2. The van der Waals surface area contributed by atoms with Gasteiger partial charge in [0.05, 0.1) is 4.90 Å². The maximum Gasteiger partial charge on any atom is 0.243 e. The number of aryl methyl sites for hydroxylation is 1. The standard InChI is InChI=1S/C24H29Cl2NO2S/c25-15-12-19-2-4-20(5-3-19)16-24(13-1-14-24)18-27(17-21-6-7-21)30(28,29)23-10-8-22(26)9-11-23/h2-5,8-11,21H,1,6-7,12-18H2. The highest BCUT2D eigenvalue weighted by molar-refractivity contribution is 7.89. The fourth-order valence-corrected chi connectivity index (χ4v) is 6.37. The quantitative estimate of drug-likeness (QED) is 0.407. The van der Waals surface area contributed by atoms with Crippen LogP contribution in [0.4, 0.5) is 0 Å². The van der Waals surface area contributed by atoms with Crippen LogP contribution < -0.4 is 0 Å². The third-order valence-electron chi connectivity index (χ3n) is 6.52. The van der Waals surface area contributed by atoms with Crippen molar-refractivity contribution in [1.82, 2.24) is 4.31 Å². The zero-order chi connectivity index (χ0) is 21.2. The molecular formula is C24H29Cl2NO2S. The molecule has 6 heteroatoms. The number of nitrogens with zero attached hydrogens (tertiary/aromatic N) is 1. The van der Waals surface area contributed by atoms with Gasteiger partial charge in [-0.1, -0.05) is 42.3 Å². The first-order chi connectivity index (χ1) is 14.4. The van der Waals surface area contributed by atoms with E-state index in [2.05, 4.69) is 24.3 Å². The molecule has 4 rings (SSSR count). The van der Waals surface area contributed by atoms with Crippen molar-refractivity contribution in [2.45, 2.75) is 49.8 Å². The van der Waals surface area contributed by atoms with Crippen LogP contribution in [0.5, 0.6) is 0 Å². The molecule has 2 fully saturated rings. The highest BCUT2D eigenvalue weighted by Crippen LogP contribution is 2.46. The van der Waals surface area contributed by atoms with Gasteiger partial charge in [-0.05, 0) is 85.3 Å². The van der Waals surface area contributed by atoms with Gasteiger partial charge in [0.25, 0.3) is 0 Å². The Balaban J connectivity index is 1.54. The van der Waals surface area contributed by atoms with Crippen molar-refractivity contribution in [1.29, 1.82) is 0 Å². The van der Waals surface area contributed by atoms with Gasteiger partial charge < -0.3 is 0 Å². The Labute approximate surface area is 190 Å². The van der Waals surface area contributed by atoms with E-state index in [1.54, 1.807) is 28.6 Å². The normalized spacial score (nSPS) is 18.4. The minimum atomic E-state index is -3.53. The fourth-order valence-electron chi connectivity index (χ4n) is 4.40. The van der Waals surface area contributed by atoms with Crippen LogP contribution in [-0.4, -0.2) is 31.7 Å². The van der Waals surface area contributed by atoms with E-state index in [4.69, 9.17) is 23.2 Å². The second-order valence-electron chi connectivity index (χ2n) is 8.98. The highest BCUT2D eigenvalue weighted by atomic mass is 35.5. The van der Waals surface area contributed by atoms with Crippen molar-refractivity contribution in [3.63, 3.8) is 0 Å². The Morgan fingerprint density at radius 2 is 1.60 bits per heavy atom. The van der Waals surface area contributed by atoms with E-state index in [1.807, 2.05) is 0 Å². The van der Waals surface area contributed by atoms with Crippen molar-refractivity contribution in [3.8, 4) is 0 Å². The number of sulfonamides is 1. The summed E-state index contributed by atoms with van der Waals surface area (Å²) in [5, 5.41) is 0.552. The molecule has 30 heavy (non-hydrogen) atoms. The molecule has 2 aromatic rings. The monoisotopic (exact) mass is 465 g/mol. The molecule has 2 aromatic carbocycles. The van der Waals surface area contributed by atoms with Gasteiger partial charge >= 0.3 is 0 Å². The van der Waals surface area contributed by atoms with Crippen LogP contribution in [0.25, 0.3) is 0 Å². The van der Waals surface area contributed by atoms with Gasteiger partial charge in [0.15, 0.2) is 0 Å². The number of rotatable bonds is 10. The molecule has 0 aromatic heterocycles. The Morgan fingerprint density at radius 3 is 2.13 bits per heavy atom. The van der Waals surface area contributed by atoms with Crippen molar-refractivity contribution < 1.29 is 8.42 Å². The summed E-state index contributed by atoms with van der Waals surface area (Å²) in [7, 11) is -3.53. The first-order valence-corrected chi connectivity index (χ1v) is 13.2. The number of hydrogen-bond donors (Lipinski definition) is 0. The summed E-state index contributed by atoms with van der Waals surface area (Å²) < 4.78 is 28.7. The summed E-state index contributed by atoms with van der Waals surface area (Å²) >= 11 is 11.8. The fraction of sp³-hybridized carbons (Fsp3) is 0.500. The minimum absolute atomic E-state index is 0.0301. The van der Waals surface area contributed by atoms with E-state index >= 15 is 0 Å². The maximum absolute atomic E-state index is 13.5. The molecule has 0 radical (unpaired) electrons. The van der Waals surface area contributed by atoms with Gasteiger partial charge in [0.1, 0.15) is 0 Å². The van der Waals surface area contributed by atoms with E-state index in [1.165, 1.54) is 17.5 Å². The van der Waals surface area contributed by atoms with Crippen LogP contribution >= 0.6 is 23.2 Å². The van der Waals surface area contributed by atoms with Gasteiger partial charge in [-0.25, -0.2) is 8.42 Å². The zero-order valence-electron chi connectivity index (χ0n) is 17.2. The molecule has 2 aliphatic rings. The van der Waals surface area contributed by atoms with Crippen LogP contribution in [-0.2, 0) is 22.9 Å². The number of hydrogen-bond acceptors (Lipinski definition) is 2. The third kappa shape index (κ3) is 5.21. The Kier molecular flexibility index (Phi) is 6.79.